The summed E-state index contributed by atoms with van der Waals surface area (Å²) in [5.74, 6) is 0.690. The van der Waals surface area contributed by atoms with E-state index in [1.54, 1.807) is 0 Å². The highest BCUT2D eigenvalue weighted by atomic mass is 35.5. The molecule has 2 aromatic rings. The fourth-order valence-corrected chi connectivity index (χ4v) is 2.34. The Labute approximate surface area is 119 Å². The lowest BCUT2D eigenvalue weighted by Gasteiger charge is -2.21. The van der Waals surface area contributed by atoms with Gasteiger partial charge in [0.05, 0.1) is 11.4 Å². The van der Waals surface area contributed by atoms with Crippen molar-refractivity contribution in [2.45, 2.75) is 27.7 Å². The molecule has 4 heteroatoms. The molecule has 0 amide bonds. The van der Waals surface area contributed by atoms with Crippen molar-refractivity contribution in [3.8, 4) is 0 Å². The van der Waals surface area contributed by atoms with Gasteiger partial charge in [0.2, 0.25) is 0 Å². The van der Waals surface area contributed by atoms with Crippen molar-refractivity contribution in [1.82, 2.24) is 9.97 Å². The Hall–Kier alpha value is -1.61. The van der Waals surface area contributed by atoms with Crippen LogP contribution in [0.2, 0.25) is 5.15 Å². The number of nitrogens with zero attached hydrogens (tertiary/aromatic N) is 3. The SMILES string of the molecule is Cc1cc(C)cc(N(C)c2nc(C)c(C)nc2Cl)c1. The molecule has 1 aromatic carbocycles. The maximum atomic E-state index is 6.21. The minimum atomic E-state index is 0.435. The summed E-state index contributed by atoms with van der Waals surface area (Å²) < 4.78 is 0. The molecule has 0 fully saturated rings. The highest BCUT2D eigenvalue weighted by Gasteiger charge is 2.13. The van der Waals surface area contributed by atoms with Gasteiger partial charge in [-0.2, -0.15) is 0 Å². The van der Waals surface area contributed by atoms with E-state index >= 15 is 0 Å². The molecule has 2 rings (SSSR count). The van der Waals surface area contributed by atoms with E-state index in [0.717, 1.165) is 17.1 Å². The third kappa shape index (κ3) is 2.87. The molecule has 0 aliphatic rings. The number of halogens is 1. The Morgan fingerprint density at radius 2 is 1.42 bits per heavy atom. The number of hydrogen-bond acceptors (Lipinski definition) is 3. The lowest BCUT2D eigenvalue weighted by molar-refractivity contribution is 1.00. The summed E-state index contributed by atoms with van der Waals surface area (Å²) in [6, 6.07) is 6.37. The zero-order valence-corrected chi connectivity index (χ0v) is 12.7. The molecule has 0 N–H and O–H groups in total. The summed E-state index contributed by atoms with van der Waals surface area (Å²) in [6.07, 6.45) is 0. The van der Waals surface area contributed by atoms with E-state index < -0.39 is 0 Å². The molecule has 100 valence electrons. The molecule has 0 bridgehead atoms. The third-order valence-electron chi connectivity index (χ3n) is 3.16. The summed E-state index contributed by atoms with van der Waals surface area (Å²) in [5.41, 5.74) is 5.26. The first kappa shape index (κ1) is 13.8. The molecule has 0 saturated heterocycles. The van der Waals surface area contributed by atoms with Gasteiger partial charge in [-0.3, -0.25) is 0 Å². The molecule has 1 aromatic heterocycles. The number of anilines is 2. The normalized spacial score (nSPS) is 10.6. The first-order chi connectivity index (χ1) is 8.88. The van der Waals surface area contributed by atoms with Crippen LogP contribution in [0.15, 0.2) is 18.2 Å². The van der Waals surface area contributed by atoms with Gasteiger partial charge in [0, 0.05) is 12.7 Å². The molecular formula is C15H18ClN3. The third-order valence-corrected chi connectivity index (χ3v) is 3.41. The second kappa shape index (κ2) is 5.17. The summed E-state index contributed by atoms with van der Waals surface area (Å²) >= 11 is 6.21. The zero-order chi connectivity index (χ0) is 14.2. The van der Waals surface area contributed by atoms with Crippen molar-refractivity contribution in [1.29, 1.82) is 0 Å². The molecule has 3 nitrogen and oxygen atoms in total. The fourth-order valence-electron chi connectivity index (χ4n) is 2.04. The molecule has 0 aliphatic carbocycles. The van der Waals surface area contributed by atoms with E-state index in [0.29, 0.717) is 11.0 Å². The van der Waals surface area contributed by atoms with Crippen LogP contribution < -0.4 is 4.90 Å². The van der Waals surface area contributed by atoms with Crippen LogP contribution in [0.5, 0.6) is 0 Å². The van der Waals surface area contributed by atoms with E-state index in [2.05, 4.69) is 42.0 Å². The minimum Gasteiger partial charge on any atom is -0.327 e. The van der Waals surface area contributed by atoms with Crippen LogP contribution >= 0.6 is 11.6 Å². The van der Waals surface area contributed by atoms with Gasteiger partial charge >= 0.3 is 0 Å². The fraction of sp³-hybridized carbons (Fsp3) is 0.333. The molecule has 0 radical (unpaired) electrons. The second-order valence-electron chi connectivity index (χ2n) is 4.91. The van der Waals surface area contributed by atoms with E-state index in [9.17, 15) is 0 Å². The summed E-state index contributed by atoms with van der Waals surface area (Å²) in [4.78, 5) is 10.8. The van der Waals surface area contributed by atoms with Gasteiger partial charge in [-0.25, -0.2) is 9.97 Å². The maximum absolute atomic E-state index is 6.21. The van der Waals surface area contributed by atoms with Crippen LogP contribution in [0, 0.1) is 27.7 Å². The van der Waals surface area contributed by atoms with Gasteiger partial charge in [0.25, 0.3) is 0 Å². The van der Waals surface area contributed by atoms with Crippen molar-refractivity contribution in [2.24, 2.45) is 0 Å². The number of hydrogen-bond donors (Lipinski definition) is 0. The molecule has 1 heterocycles. The number of rotatable bonds is 2. The zero-order valence-electron chi connectivity index (χ0n) is 12.0. The Bertz CT molecular complexity index is 603. The van der Waals surface area contributed by atoms with Crippen LogP contribution in [0.1, 0.15) is 22.5 Å². The lowest BCUT2D eigenvalue weighted by Crippen LogP contribution is -2.14. The standard InChI is InChI=1S/C15H18ClN3/c1-9-6-10(2)8-13(7-9)19(5)15-14(16)17-11(3)12(4)18-15/h6-8H,1-5H3. The Balaban J connectivity index is 2.49. The van der Waals surface area contributed by atoms with Crippen molar-refractivity contribution in [3.05, 3.63) is 45.9 Å². The van der Waals surface area contributed by atoms with E-state index in [4.69, 9.17) is 11.6 Å². The van der Waals surface area contributed by atoms with Gasteiger partial charge < -0.3 is 4.90 Å². The Kier molecular flexibility index (Phi) is 3.76. The van der Waals surface area contributed by atoms with Gasteiger partial charge in [-0.15, -0.1) is 0 Å². The summed E-state index contributed by atoms with van der Waals surface area (Å²) in [7, 11) is 1.96. The van der Waals surface area contributed by atoms with Crippen molar-refractivity contribution < 1.29 is 0 Å². The lowest BCUT2D eigenvalue weighted by atomic mass is 10.1. The van der Waals surface area contributed by atoms with Crippen LogP contribution in [0.25, 0.3) is 0 Å². The molecule has 0 spiro atoms. The Morgan fingerprint density at radius 1 is 0.895 bits per heavy atom. The van der Waals surface area contributed by atoms with Crippen molar-refractivity contribution in [3.63, 3.8) is 0 Å². The average molecular weight is 276 g/mol. The highest BCUT2D eigenvalue weighted by Crippen LogP contribution is 2.29. The predicted molar refractivity (Wildman–Crippen MR) is 80.5 cm³/mol. The van der Waals surface area contributed by atoms with Gasteiger partial charge in [0.1, 0.15) is 0 Å². The Morgan fingerprint density at radius 3 is 2.00 bits per heavy atom. The first-order valence-electron chi connectivity index (χ1n) is 6.21. The molecular weight excluding hydrogens is 258 g/mol. The smallest absolute Gasteiger partial charge is 0.172 e. The van der Waals surface area contributed by atoms with E-state index in [1.807, 2.05) is 25.8 Å². The number of aryl methyl sites for hydroxylation is 4. The van der Waals surface area contributed by atoms with E-state index in [1.165, 1.54) is 11.1 Å². The van der Waals surface area contributed by atoms with Crippen molar-refractivity contribution >= 4 is 23.1 Å². The maximum Gasteiger partial charge on any atom is 0.172 e. The van der Waals surface area contributed by atoms with Crippen molar-refractivity contribution in [2.75, 3.05) is 11.9 Å². The minimum absolute atomic E-state index is 0.435. The average Bonchev–Trinajstić information content (AvgIpc) is 2.31. The monoisotopic (exact) mass is 275 g/mol. The number of benzene rings is 1. The molecule has 0 aliphatic heterocycles. The quantitative estimate of drug-likeness (QED) is 0.825. The summed E-state index contributed by atoms with van der Waals surface area (Å²) in [5, 5.41) is 0.435. The van der Waals surface area contributed by atoms with Crippen LogP contribution in [-0.4, -0.2) is 17.0 Å². The molecule has 0 atom stereocenters. The molecule has 0 saturated carbocycles. The topological polar surface area (TPSA) is 29.0 Å². The van der Waals surface area contributed by atoms with Crippen LogP contribution in [0.3, 0.4) is 0 Å². The highest BCUT2D eigenvalue weighted by molar-refractivity contribution is 6.31. The summed E-state index contributed by atoms with van der Waals surface area (Å²) in [6.45, 7) is 8.02. The first-order valence-corrected chi connectivity index (χ1v) is 6.59. The predicted octanol–water partition coefficient (Wildman–Crippen LogP) is 4.13. The molecule has 0 unspecified atom stereocenters. The van der Waals surface area contributed by atoms with Gasteiger partial charge in [0.15, 0.2) is 11.0 Å². The molecule has 19 heavy (non-hydrogen) atoms. The van der Waals surface area contributed by atoms with Crippen LogP contribution in [-0.2, 0) is 0 Å². The van der Waals surface area contributed by atoms with Crippen LogP contribution in [0.4, 0.5) is 11.5 Å². The number of aromatic nitrogens is 2. The second-order valence-corrected chi connectivity index (χ2v) is 5.27. The van der Waals surface area contributed by atoms with Gasteiger partial charge in [-0.1, -0.05) is 17.7 Å². The van der Waals surface area contributed by atoms with E-state index in [-0.39, 0.29) is 0 Å². The van der Waals surface area contributed by atoms with Gasteiger partial charge in [-0.05, 0) is 51.0 Å². The largest absolute Gasteiger partial charge is 0.327 e.